The van der Waals surface area contributed by atoms with Crippen molar-refractivity contribution in [2.24, 2.45) is 0 Å². The molecule has 178 valence electrons. The summed E-state index contributed by atoms with van der Waals surface area (Å²) in [6, 6.07) is 33.9. The zero-order chi connectivity index (χ0) is 25.3. The zero-order valence-corrected chi connectivity index (χ0v) is 20.4. The van der Waals surface area contributed by atoms with Crippen LogP contribution in [0.1, 0.15) is 31.8 Å². The van der Waals surface area contributed by atoms with Crippen LogP contribution in [0.4, 0.5) is 11.4 Å². The second kappa shape index (κ2) is 11.6. The third-order valence-electron chi connectivity index (χ3n) is 5.62. The highest BCUT2D eigenvalue weighted by Gasteiger charge is 2.14. The van der Waals surface area contributed by atoms with Gasteiger partial charge in [-0.2, -0.15) is 0 Å². The predicted octanol–water partition coefficient (Wildman–Crippen LogP) is 7.36. The molecule has 2 N–H and O–H groups in total. The molecule has 0 aliphatic rings. The maximum Gasteiger partial charge on any atom is 0.187 e. The Labute approximate surface area is 212 Å². The van der Waals surface area contributed by atoms with Crippen LogP contribution < -0.4 is 10.6 Å². The van der Waals surface area contributed by atoms with E-state index in [1.54, 1.807) is 24.3 Å². The predicted molar refractivity (Wildman–Crippen MR) is 147 cm³/mol. The number of aryl methyl sites for hydroxylation is 2. The Kier molecular flexibility index (Phi) is 7.89. The molecule has 0 spiro atoms. The van der Waals surface area contributed by atoms with Crippen molar-refractivity contribution in [3.8, 4) is 0 Å². The fourth-order valence-electron chi connectivity index (χ4n) is 3.58. The highest BCUT2D eigenvalue weighted by atomic mass is 16.1. The van der Waals surface area contributed by atoms with Gasteiger partial charge in [0.1, 0.15) is 0 Å². The Bertz CT molecular complexity index is 1280. The highest BCUT2D eigenvalue weighted by Crippen LogP contribution is 2.22. The third kappa shape index (κ3) is 6.67. The van der Waals surface area contributed by atoms with Crippen molar-refractivity contribution in [1.82, 2.24) is 0 Å². The molecular weight excluding hydrogens is 444 g/mol. The number of hydrogen-bond acceptors (Lipinski definition) is 4. The molecule has 0 bridgehead atoms. The van der Waals surface area contributed by atoms with E-state index >= 15 is 0 Å². The number of nitrogens with one attached hydrogen (secondary N) is 2. The van der Waals surface area contributed by atoms with Gasteiger partial charge in [-0.05, 0) is 38.1 Å². The summed E-state index contributed by atoms with van der Waals surface area (Å²) in [5.74, 6) is -0.344. The molecule has 0 saturated heterocycles. The van der Waals surface area contributed by atoms with Crippen LogP contribution in [0.2, 0.25) is 0 Å². The molecule has 0 radical (unpaired) electrons. The minimum Gasteiger partial charge on any atom is -0.354 e. The highest BCUT2D eigenvalue weighted by molar-refractivity contribution is 6.08. The quantitative estimate of drug-likeness (QED) is 0.152. The van der Waals surface area contributed by atoms with Crippen LogP contribution in [0.3, 0.4) is 0 Å². The molecule has 4 aromatic rings. The van der Waals surface area contributed by atoms with Gasteiger partial charge in [-0.15, -0.1) is 0 Å². The Morgan fingerprint density at radius 3 is 1.17 bits per heavy atom. The van der Waals surface area contributed by atoms with Crippen LogP contribution in [0.15, 0.2) is 133 Å². The molecule has 4 rings (SSSR count). The fourth-order valence-corrected chi connectivity index (χ4v) is 3.58. The number of carbonyl (C=O) groups is 2. The summed E-state index contributed by atoms with van der Waals surface area (Å²) in [4.78, 5) is 26.4. The third-order valence-corrected chi connectivity index (χ3v) is 5.62. The van der Waals surface area contributed by atoms with E-state index in [1.807, 2.05) is 98.8 Å². The summed E-state index contributed by atoms with van der Waals surface area (Å²) in [6.07, 6.45) is 3.06. The monoisotopic (exact) mass is 472 g/mol. The topological polar surface area (TPSA) is 58.2 Å². The van der Waals surface area contributed by atoms with Crippen LogP contribution in [0.5, 0.6) is 0 Å². The molecule has 0 fully saturated rings. The molecule has 4 aromatic carbocycles. The maximum absolute atomic E-state index is 13.2. The normalized spacial score (nSPS) is 11.6. The van der Waals surface area contributed by atoms with Crippen LogP contribution in [-0.4, -0.2) is 11.6 Å². The Balaban J connectivity index is 1.79. The van der Waals surface area contributed by atoms with Gasteiger partial charge in [0.2, 0.25) is 0 Å². The van der Waals surface area contributed by atoms with E-state index in [2.05, 4.69) is 10.6 Å². The Morgan fingerprint density at radius 2 is 0.833 bits per heavy atom. The summed E-state index contributed by atoms with van der Waals surface area (Å²) >= 11 is 0. The SMILES string of the molecule is Cc1ccc(NC(=C\C(=O)c2ccccc2)/C(=C\C(=O)c2ccccc2)Nc2ccc(C)cc2)cc1. The fraction of sp³-hybridized carbons (Fsp3) is 0.0625. The van der Waals surface area contributed by atoms with Crippen molar-refractivity contribution in [1.29, 1.82) is 0 Å². The van der Waals surface area contributed by atoms with Crippen molar-refractivity contribution in [3.63, 3.8) is 0 Å². The minimum atomic E-state index is -0.172. The molecule has 0 atom stereocenters. The molecule has 0 aromatic heterocycles. The molecule has 0 unspecified atom stereocenters. The van der Waals surface area contributed by atoms with Crippen molar-refractivity contribution in [2.75, 3.05) is 10.6 Å². The van der Waals surface area contributed by atoms with E-state index in [9.17, 15) is 9.59 Å². The van der Waals surface area contributed by atoms with Gasteiger partial charge in [0.25, 0.3) is 0 Å². The van der Waals surface area contributed by atoms with E-state index in [0.717, 1.165) is 22.5 Å². The summed E-state index contributed by atoms with van der Waals surface area (Å²) in [5, 5.41) is 6.71. The van der Waals surface area contributed by atoms with E-state index in [4.69, 9.17) is 0 Å². The number of hydrogen-bond donors (Lipinski definition) is 2. The molecule has 0 amide bonds. The second-order valence-electron chi connectivity index (χ2n) is 8.56. The molecule has 0 heterocycles. The summed E-state index contributed by atoms with van der Waals surface area (Å²) in [6.45, 7) is 4.03. The van der Waals surface area contributed by atoms with Gasteiger partial charge in [0, 0.05) is 34.7 Å². The number of allylic oxidation sites excluding steroid dienone is 2. The van der Waals surface area contributed by atoms with Gasteiger partial charge in [-0.25, -0.2) is 0 Å². The second-order valence-corrected chi connectivity index (χ2v) is 8.56. The molecule has 0 aliphatic heterocycles. The molecule has 36 heavy (non-hydrogen) atoms. The zero-order valence-electron chi connectivity index (χ0n) is 20.4. The number of anilines is 2. The lowest BCUT2D eigenvalue weighted by atomic mass is 10.1. The average Bonchev–Trinajstić information content (AvgIpc) is 2.91. The number of rotatable bonds is 9. The number of carbonyl (C=O) groups excluding carboxylic acids is 2. The first-order chi connectivity index (χ1) is 17.5. The lowest BCUT2D eigenvalue weighted by Crippen LogP contribution is -2.14. The first-order valence-electron chi connectivity index (χ1n) is 11.8. The lowest BCUT2D eigenvalue weighted by Gasteiger charge is -2.18. The van der Waals surface area contributed by atoms with Gasteiger partial charge < -0.3 is 10.6 Å². The van der Waals surface area contributed by atoms with Crippen LogP contribution in [0.25, 0.3) is 0 Å². The van der Waals surface area contributed by atoms with Crippen LogP contribution >= 0.6 is 0 Å². The van der Waals surface area contributed by atoms with Crippen LogP contribution in [-0.2, 0) is 0 Å². The van der Waals surface area contributed by atoms with Gasteiger partial charge in [0.15, 0.2) is 11.6 Å². The van der Waals surface area contributed by atoms with E-state index in [0.29, 0.717) is 22.5 Å². The van der Waals surface area contributed by atoms with Crippen molar-refractivity contribution >= 4 is 22.9 Å². The lowest BCUT2D eigenvalue weighted by molar-refractivity contribution is 0.103. The molecule has 4 nitrogen and oxygen atoms in total. The molecule has 0 aliphatic carbocycles. The Morgan fingerprint density at radius 1 is 0.500 bits per heavy atom. The molecule has 4 heteroatoms. The summed E-state index contributed by atoms with van der Waals surface area (Å²) < 4.78 is 0. The average molecular weight is 473 g/mol. The van der Waals surface area contributed by atoms with Gasteiger partial charge in [-0.3, -0.25) is 9.59 Å². The van der Waals surface area contributed by atoms with Gasteiger partial charge in [0.05, 0.1) is 11.4 Å². The molecular formula is C32H28N2O2. The van der Waals surface area contributed by atoms with Crippen molar-refractivity contribution in [2.45, 2.75) is 13.8 Å². The van der Waals surface area contributed by atoms with Crippen molar-refractivity contribution < 1.29 is 9.59 Å². The van der Waals surface area contributed by atoms with Gasteiger partial charge >= 0.3 is 0 Å². The smallest absolute Gasteiger partial charge is 0.187 e. The van der Waals surface area contributed by atoms with E-state index in [1.165, 1.54) is 12.2 Å². The first kappa shape index (κ1) is 24.4. The van der Waals surface area contributed by atoms with E-state index < -0.39 is 0 Å². The minimum absolute atomic E-state index is 0.172. The summed E-state index contributed by atoms with van der Waals surface area (Å²) in [7, 11) is 0. The summed E-state index contributed by atoms with van der Waals surface area (Å²) in [5.41, 5.74) is 5.94. The first-order valence-corrected chi connectivity index (χ1v) is 11.8. The maximum atomic E-state index is 13.2. The van der Waals surface area contributed by atoms with Crippen LogP contribution in [0, 0.1) is 13.8 Å². The largest absolute Gasteiger partial charge is 0.354 e. The van der Waals surface area contributed by atoms with Gasteiger partial charge in [-0.1, -0.05) is 96.1 Å². The van der Waals surface area contributed by atoms with Crippen molar-refractivity contribution in [3.05, 3.63) is 155 Å². The molecule has 0 saturated carbocycles. The number of benzene rings is 4. The number of ketones is 2. The van der Waals surface area contributed by atoms with E-state index in [-0.39, 0.29) is 11.6 Å². The standard InChI is InChI=1S/C32H28N2O2/c1-23-13-17-27(18-14-23)33-29(21-31(35)25-9-5-3-6-10-25)30(34-28-19-15-24(2)16-20-28)22-32(36)26-11-7-4-8-12-26/h3-22,33-34H,1-2H3/b29-21-,30-22+. The Hall–Kier alpha value is -4.70.